The zero-order chi connectivity index (χ0) is 7.82. The first-order valence-corrected chi connectivity index (χ1v) is 5.05. The summed E-state index contributed by atoms with van der Waals surface area (Å²) in [6, 6.07) is 0. The van der Waals surface area contributed by atoms with Crippen LogP contribution in [0.4, 0.5) is 0 Å². The van der Waals surface area contributed by atoms with Gasteiger partial charge in [-0.3, -0.25) is 0 Å². The van der Waals surface area contributed by atoms with Crippen LogP contribution in [0.2, 0.25) is 0 Å². The third-order valence-corrected chi connectivity index (χ3v) is 2.22. The van der Waals surface area contributed by atoms with E-state index in [1.165, 1.54) is 32.1 Å². The highest BCUT2D eigenvalue weighted by Crippen LogP contribution is 2.13. The van der Waals surface area contributed by atoms with Gasteiger partial charge in [-0.25, -0.2) is 0 Å². The molecule has 0 bridgehead atoms. The van der Waals surface area contributed by atoms with Crippen LogP contribution in [0, 0.1) is 5.92 Å². The van der Waals surface area contributed by atoms with Gasteiger partial charge in [-0.15, -0.1) is 0 Å². The molecule has 0 N–H and O–H groups in total. The number of thiol groups is 1. The van der Waals surface area contributed by atoms with Gasteiger partial charge in [0, 0.05) is 0 Å². The van der Waals surface area contributed by atoms with Crippen LogP contribution in [0.25, 0.3) is 0 Å². The van der Waals surface area contributed by atoms with Crippen LogP contribution in [0.15, 0.2) is 0 Å². The molecular formula is C9H20S. The Morgan fingerprint density at radius 2 is 1.80 bits per heavy atom. The standard InChI is InChI=1S/C9H20S/c1-3-4-6-9(2)7-5-8-10/h9-10H,3-8H2,1-2H3/t9-/m0/s1. The smallest absolute Gasteiger partial charge is 0.00978 e. The van der Waals surface area contributed by atoms with Gasteiger partial charge in [-0.2, -0.15) is 12.6 Å². The Kier molecular flexibility index (Phi) is 7.72. The Bertz CT molecular complexity index is 53.7. The molecule has 62 valence electrons. The van der Waals surface area contributed by atoms with E-state index in [2.05, 4.69) is 26.5 Å². The van der Waals surface area contributed by atoms with Gasteiger partial charge >= 0.3 is 0 Å². The molecular weight excluding hydrogens is 140 g/mol. The summed E-state index contributed by atoms with van der Waals surface area (Å²) in [4.78, 5) is 0. The molecule has 0 amide bonds. The van der Waals surface area contributed by atoms with Crippen molar-refractivity contribution in [1.29, 1.82) is 0 Å². The average molecular weight is 160 g/mol. The Labute approximate surface area is 70.8 Å². The number of unbranched alkanes of at least 4 members (excludes halogenated alkanes) is 1. The number of hydrogen-bond donors (Lipinski definition) is 1. The van der Waals surface area contributed by atoms with Crippen LogP contribution in [0.1, 0.15) is 46.0 Å². The molecule has 0 heterocycles. The molecule has 0 saturated carbocycles. The van der Waals surface area contributed by atoms with E-state index >= 15 is 0 Å². The van der Waals surface area contributed by atoms with Crippen molar-refractivity contribution in [3.8, 4) is 0 Å². The summed E-state index contributed by atoms with van der Waals surface area (Å²) in [5, 5.41) is 0. The number of rotatable bonds is 6. The van der Waals surface area contributed by atoms with E-state index in [4.69, 9.17) is 0 Å². The molecule has 0 aromatic rings. The lowest BCUT2D eigenvalue weighted by Crippen LogP contribution is -1.94. The highest BCUT2D eigenvalue weighted by atomic mass is 32.1. The molecule has 10 heavy (non-hydrogen) atoms. The first-order chi connectivity index (χ1) is 4.81. The highest BCUT2D eigenvalue weighted by molar-refractivity contribution is 7.80. The average Bonchev–Trinajstić information content (AvgIpc) is 1.97. The lowest BCUT2D eigenvalue weighted by molar-refractivity contribution is 0.468. The van der Waals surface area contributed by atoms with E-state index in [1.807, 2.05) is 0 Å². The maximum atomic E-state index is 4.19. The molecule has 1 atom stereocenters. The van der Waals surface area contributed by atoms with Crippen molar-refractivity contribution in [3.63, 3.8) is 0 Å². The molecule has 0 spiro atoms. The molecule has 0 radical (unpaired) electrons. The maximum absolute atomic E-state index is 4.19. The quantitative estimate of drug-likeness (QED) is 0.565. The van der Waals surface area contributed by atoms with Crippen LogP contribution in [0.5, 0.6) is 0 Å². The van der Waals surface area contributed by atoms with Crippen molar-refractivity contribution in [3.05, 3.63) is 0 Å². The van der Waals surface area contributed by atoms with Crippen LogP contribution in [-0.2, 0) is 0 Å². The molecule has 0 aliphatic heterocycles. The minimum absolute atomic E-state index is 0.923. The van der Waals surface area contributed by atoms with Gasteiger partial charge < -0.3 is 0 Å². The summed E-state index contributed by atoms with van der Waals surface area (Å²) in [7, 11) is 0. The molecule has 0 aromatic heterocycles. The van der Waals surface area contributed by atoms with Crippen LogP contribution in [-0.4, -0.2) is 5.75 Å². The van der Waals surface area contributed by atoms with Crippen molar-refractivity contribution < 1.29 is 0 Å². The van der Waals surface area contributed by atoms with Gasteiger partial charge in [0.25, 0.3) is 0 Å². The van der Waals surface area contributed by atoms with Crippen molar-refractivity contribution in [1.82, 2.24) is 0 Å². The zero-order valence-electron chi connectivity index (χ0n) is 7.27. The summed E-state index contributed by atoms with van der Waals surface area (Å²) in [5.74, 6) is 1.98. The molecule has 0 nitrogen and oxygen atoms in total. The fourth-order valence-corrected chi connectivity index (χ4v) is 1.32. The Morgan fingerprint density at radius 3 is 2.30 bits per heavy atom. The fourth-order valence-electron chi connectivity index (χ4n) is 1.14. The predicted octanol–water partition coefficient (Wildman–Crippen LogP) is 3.52. The van der Waals surface area contributed by atoms with Gasteiger partial charge in [-0.05, 0) is 24.5 Å². The zero-order valence-corrected chi connectivity index (χ0v) is 8.16. The summed E-state index contributed by atoms with van der Waals surface area (Å²) < 4.78 is 0. The second kappa shape index (κ2) is 7.46. The normalized spacial score (nSPS) is 13.5. The second-order valence-corrected chi connectivity index (χ2v) is 3.56. The van der Waals surface area contributed by atoms with Gasteiger partial charge in [-0.1, -0.05) is 33.1 Å². The molecule has 0 saturated heterocycles. The predicted molar refractivity (Wildman–Crippen MR) is 51.8 cm³/mol. The summed E-state index contributed by atoms with van der Waals surface area (Å²) >= 11 is 4.19. The van der Waals surface area contributed by atoms with E-state index in [0.717, 1.165) is 11.7 Å². The number of hydrogen-bond acceptors (Lipinski definition) is 1. The minimum Gasteiger partial charge on any atom is -0.179 e. The maximum Gasteiger partial charge on any atom is -0.00978 e. The monoisotopic (exact) mass is 160 g/mol. The fraction of sp³-hybridized carbons (Fsp3) is 1.00. The van der Waals surface area contributed by atoms with E-state index in [9.17, 15) is 0 Å². The van der Waals surface area contributed by atoms with E-state index in [-0.39, 0.29) is 0 Å². The van der Waals surface area contributed by atoms with Crippen molar-refractivity contribution in [2.75, 3.05) is 5.75 Å². The van der Waals surface area contributed by atoms with Crippen LogP contribution >= 0.6 is 12.6 Å². The first kappa shape index (κ1) is 10.3. The molecule has 0 unspecified atom stereocenters. The third-order valence-electron chi connectivity index (χ3n) is 1.91. The Balaban J connectivity index is 3.00. The molecule has 0 rings (SSSR count). The molecule has 0 fully saturated rings. The third kappa shape index (κ3) is 6.47. The largest absolute Gasteiger partial charge is 0.179 e. The van der Waals surface area contributed by atoms with Crippen molar-refractivity contribution in [2.45, 2.75) is 46.0 Å². The second-order valence-electron chi connectivity index (χ2n) is 3.11. The van der Waals surface area contributed by atoms with Crippen LogP contribution in [0.3, 0.4) is 0 Å². The summed E-state index contributed by atoms with van der Waals surface area (Å²) in [5.41, 5.74) is 0. The first-order valence-electron chi connectivity index (χ1n) is 4.42. The van der Waals surface area contributed by atoms with E-state index in [1.54, 1.807) is 0 Å². The van der Waals surface area contributed by atoms with Crippen LogP contribution < -0.4 is 0 Å². The summed E-state index contributed by atoms with van der Waals surface area (Å²) in [6.07, 6.45) is 6.79. The van der Waals surface area contributed by atoms with Gasteiger partial charge in [0.15, 0.2) is 0 Å². The van der Waals surface area contributed by atoms with Crippen molar-refractivity contribution in [2.24, 2.45) is 5.92 Å². The lowest BCUT2D eigenvalue weighted by Gasteiger charge is -2.08. The van der Waals surface area contributed by atoms with Gasteiger partial charge in [0.1, 0.15) is 0 Å². The van der Waals surface area contributed by atoms with Gasteiger partial charge in [0.2, 0.25) is 0 Å². The summed E-state index contributed by atoms with van der Waals surface area (Å²) in [6.45, 7) is 4.60. The molecule has 0 aliphatic rings. The van der Waals surface area contributed by atoms with Crippen molar-refractivity contribution >= 4 is 12.6 Å². The molecule has 0 aromatic carbocycles. The van der Waals surface area contributed by atoms with E-state index < -0.39 is 0 Å². The Morgan fingerprint density at radius 1 is 1.20 bits per heavy atom. The lowest BCUT2D eigenvalue weighted by atomic mass is 10.00. The minimum atomic E-state index is 0.923. The highest BCUT2D eigenvalue weighted by Gasteiger charge is 1.98. The molecule has 0 aliphatic carbocycles. The Hall–Kier alpha value is 0.350. The SMILES string of the molecule is CCCC[C@H](C)CCCS. The van der Waals surface area contributed by atoms with Gasteiger partial charge in [0.05, 0.1) is 0 Å². The topological polar surface area (TPSA) is 0 Å². The van der Waals surface area contributed by atoms with E-state index in [0.29, 0.717) is 0 Å². The molecule has 1 heteroatoms.